The number of carbonyl (C=O) groups is 2. The van der Waals surface area contributed by atoms with Gasteiger partial charge in [0.05, 0.1) is 5.75 Å². The molecule has 9 heteroatoms. The summed E-state index contributed by atoms with van der Waals surface area (Å²) in [6.45, 7) is 4.20. The van der Waals surface area contributed by atoms with Crippen molar-refractivity contribution in [3.63, 3.8) is 0 Å². The first kappa shape index (κ1) is 14.4. The molecular weight excluding hydrogens is 258 g/mol. The van der Waals surface area contributed by atoms with Gasteiger partial charge in [-0.2, -0.15) is 0 Å². The van der Waals surface area contributed by atoms with E-state index in [0.717, 1.165) is 18.2 Å². The molecule has 8 nitrogen and oxygen atoms in total. The van der Waals surface area contributed by atoms with Crippen molar-refractivity contribution in [2.24, 2.45) is 0 Å². The monoisotopic (exact) mass is 273 g/mol. The lowest BCUT2D eigenvalue weighted by Gasteiger charge is -2.12. The summed E-state index contributed by atoms with van der Waals surface area (Å²) in [5, 5.41) is 22.5. The Balaban J connectivity index is 2.67. The average Bonchev–Trinajstić information content (AvgIpc) is 2.80. The predicted molar refractivity (Wildman–Crippen MR) is 64.2 cm³/mol. The van der Waals surface area contributed by atoms with E-state index in [1.165, 1.54) is 4.68 Å². The standard InChI is InChI=1S/C9H15N5O3S/c1-3-4-10-8(17)6(2)14-9(11-12-13-14)18-5-7(15)16/h6H,3-5H2,1-2H3,(H,10,17)(H,15,16). The van der Waals surface area contributed by atoms with Gasteiger partial charge in [-0.25, -0.2) is 4.68 Å². The van der Waals surface area contributed by atoms with Gasteiger partial charge in [0, 0.05) is 6.54 Å². The predicted octanol–water partition coefficient (Wildman–Crippen LogP) is -0.0630. The third-order valence-corrected chi connectivity index (χ3v) is 3.00. The zero-order chi connectivity index (χ0) is 13.5. The summed E-state index contributed by atoms with van der Waals surface area (Å²) in [7, 11) is 0. The number of rotatable bonds is 7. The Morgan fingerprint density at radius 3 is 2.89 bits per heavy atom. The van der Waals surface area contributed by atoms with Gasteiger partial charge in [-0.05, 0) is 23.8 Å². The van der Waals surface area contributed by atoms with Crippen molar-refractivity contribution in [3.8, 4) is 0 Å². The molecule has 0 saturated heterocycles. The largest absolute Gasteiger partial charge is 0.481 e. The number of aromatic nitrogens is 4. The van der Waals surface area contributed by atoms with Crippen LogP contribution in [0.15, 0.2) is 5.16 Å². The van der Waals surface area contributed by atoms with Gasteiger partial charge in [-0.1, -0.05) is 18.7 Å². The van der Waals surface area contributed by atoms with E-state index in [1.807, 2.05) is 6.92 Å². The molecule has 0 bridgehead atoms. The zero-order valence-electron chi connectivity index (χ0n) is 10.2. The van der Waals surface area contributed by atoms with Crippen molar-refractivity contribution in [2.75, 3.05) is 12.3 Å². The minimum atomic E-state index is -0.961. The fourth-order valence-electron chi connectivity index (χ4n) is 1.16. The Morgan fingerprint density at radius 2 is 2.28 bits per heavy atom. The van der Waals surface area contributed by atoms with Gasteiger partial charge in [0.2, 0.25) is 11.1 Å². The molecule has 0 aliphatic carbocycles. The molecule has 0 aliphatic heterocycles. The number of aliphatic carboxylic acids is 1. The lowest BCUT2D eigenvalue weighted by Crippen LogP contribution is -2.32. The van der Waals surface area contributed by atoms with Crippen molar-refractivity contribution < 1.29 is 14.7 Å². The first-order valence-electron chi connectivity index (χ1n) is 5.46. The maximum absolute atomic E-state index is 11.7. The normalized spacial score (nSPS) is 12.1. The Labute approximate surface area is 108 Å². The lowest BCUT2D eigenvalue weighted by atomic mass is 10.3. The maximum atomic E-state index is 11.7. The highest BCUT2D eigenvalue weighted by atomic mass is 32.2. The molecule has 1 aromatic heterocycles. The molecule has 0 aliphatic rings. The SMILES string of the molecule is CCCNC(=O)C(C)n1nnnc1SCC(=O)O. The van der Waals surface area contributed by atoms with E-state index < -0.39 is 12.0 Å². The molecule has 0 aromatic carbocycles. The minimum Gasteiger partial charge on any atom is -0.481 e. The number of hydrogen-bond donors (Lipinski definition) is 2. The molecule has 1 atom stereocenters. The molecule has 0 radical (unpaired) electrons. The van der Waals surface area contributed by atoms with Crippen LogP contribution >= 0.6 is 11.8 Å². The van der Waals surface area contributed by atoms with Crippen molar-refractivity contribution in [1.29, 1.82) is 0 Å². The molecule has 0 fully saturated rings. The Hall–Kier alpha value is -1.64. The molecule has 1 amide bonds. The van der Waals surface area contributed by atoms with E-state index in [1.54, 1.807) is 6.92 Å². The highest BCUT2D eigenvalue weighted by Crippen LogP contribution is 2.17. The van der Waals surface area contributed by atoms with Crippen molar-refractivity contribution in [2.45, 2.75) is 31.5 Å². The summed E-state index contributed by atoms with van der Waals surface area (Å²) in [5.74, 6) is -1.30. The number of thioether (sulfide) groups is 1. The van der Waals surface area contributed by atoms with E-state index in [-0.39, 0.29) is 11.7 Å². The van der Waals surface area contributed by atoms with Crippen LogP contribution in [-0.2, 0) is 9.59 Å². The minimum absolute atomic E-state index is 0.149. The fraction of sp³-hybridized carbons (Fsp3) is 0.667. The molecule has 1 unspecified atom stereocenters. The molecule has 100 valence electrons. The van der Waals surface area contributed by atoms with Gasteiger partial charge >= 0.3 is 5.97 Å². The number of nitrogens with one attached hydrogen (secondary N) is 1. The fourth-order valence-corrected chi connectivity index (χ4v) is 1.83. The molecule has 2 N–H and O–H groups in total. The summed E-state index contributed by atoms with van der Waals surface area (Å²) >= 11 is 0.979. The van der Waals surface area contributed by atoms with E-state index >= 15 is 0 Å². The molecule has 1 rings (SSSR count). The number of amides is 1. The van der Waals surface area contributed by atoms with Gasteiger partial charge in [-0.15, -0.1) is 5.10 Å². The van der Waals surface area contributed by atoms with Gasteiger partial charge in [0.1, 0.15) is 6.04 Å². The van der Waals surface area contributed by atoms with Crippen LogP contribution in [0.1, 0.15) is 26.3 Å². The second-order valence-electron chi connectivity index (χ2n) is 3.56. The summed E-state index contributed by atoms with van der Waals surface area (Å²) in [4.78, 5) is 22.2. The van der Waals surface area contributed by atoms with Gasteiger partial charge in [0.15, 0.2) is 0 Å². The third-order valence-electron chi connectivity index (χ3n) is 2.08. The molecule has 0 saturated carbocycles. The maximum Gasteiger partial charge on any atom is 0.313 e. The zero-order valence-corrected chi connectivity index (χ0v) is 11.0. The molecule has 1 aromatic rings. The molecule has 18 heavy (non-hydrogen) atoms. The molecule has 0 spiro atoms. The topological polar surface area (TPSA) is 110 Å². The number of nitrogens with zero attached hydrogens (tertiary/aromatic N) is 4. The first-order valence-corrected chi connectivity index (χ1v) is 6.45. The van der Waals surface area contributed by atoms with Crippen molar-refractivity contribution in [1.82, 2.24) is 25.5 Å². The van der Waals surface area contributed by atoms with Gasteiger partial charge in [-0.3, -0.25) is 9.59 Å². The smallest absolute Gasteiger partial charge is 0.313 e. The van der Waals surface area contributed by atoms with Crippen LogP contribution in [-0.4, -0.2) is 49.5 Å². The van der Waals surface area contributed by atoms with Crippen LogP contribution in [0.5, 0.6) is 0 Å². The molecule has 1 heterocycles. The van der Waals surface area contributed by atoms with Crippen LogP contribution in [0.4, 0.5) is 0 Å². The van der Waals surface area contributed by atoms with E-state index in [4.69, 9.17) is 5.11 Å². The van der Waals surface area contributed by atoms with Crippen LogP contribution in [0.3, 0.4) is 0 Å². The number of carboxylic acid groups (broad SMARTS) is 1. The average molecular weight is 273 g/mol. The second kappa shape index (κ2) is 6.94. The van der Waals surface area contributed by atoms with Crippen LogP contribution in [0.25, 0.3) is 0 Å². The van der Waals surface area contributed by atoms with Crippen molar-refractivity contribution >= 4 is 23.6 Å². The molecular formula is C9H15N5O3S. The van der Waals surface area contributed by atoms with Gasteiger partial charge < -0.3 is 10.4 Å². The Kier molecular flexibility index (Phi) is 5.56. The summed E-state index contributed by atoms with van der Waals surface area (Å²) in [6, 6.07) is -0.567. The summed E-state index contributed by atoms with van der Waals surface area (Å²) in [6.07, 6.45) is 0.842. The lowest BCUT2D eigenvalue weighted by molar-refractivity contribution is -0.133. The highest BCUT2D eigenvalue weighted by molar-refractivity contribution is 7.99. The number of tetrazole rings is 1. The number of carboxylic acids is 1. The van der Waals surface area contributed by atoms with E-state index in [9.17, 15) is 9.59 Å². The number of carbonyl (C=O) groups excluding carboxylic acids is 1. The van der Waals surface area contributed by atoms with Crippen LogP contribution in [0.2, 0.25) is 0 Å². The quantitative estimate of drug-likeness (QED) is 0.669. The Bertz CT molecular complexity index is 422. The summed E-state index contributed by atoms with van der Waals surface area (Å²) < 4.78 is 1.32. The van der Waals surface area contributed by atoms with Gasteiger partial charge in [0.25, 0.3) is 0 Å². The first-order chi connectivity index (χ1) is 8.56. The van der Waals surface area contributed by atoms with E-state index in [0.29, 0.717) is 11.7 Å². The van der Waals surface area contributed by atoms with Crippen LogP contribution < -0.4 is 5.32 Å². The second-order valence-corrected chi connectivity index (χ2v) is 4.50. The summed E-state index contributed by atoms with van der Waals surface area (Å²) in [5.41, 5.74) is 0. The Morgan fingerprint density at radius 1 is 1.56 bits per heavy atom. The number of hydrogen-bond acceptors (Lipinski definition) is 6. The van der Waals surface area contributed by atoms with E-state index in [2.05, 4.69) is 20.8 Å². The highest BCUT2D eigenvalue weighted by Gasteiger charge is 2.20. The van der Waals surface area contributed by atoms with Crippen molar-refractivity contribution in [3.05, 3.63) is 0 Å². The third kappa shape index (κ3) is 3.99. The van der Waals surface area contributed by atoms with Crippen LogP contribution in [0, 0.1) is 0 Å².